The standard InChI is InChI=1S/C26H36N6O4/c1-5-36-20-8-6-19(7-9-20)22(15-33)27-25-21-14-32(17(2)3)23(16-34)24(21)28-26(29-25)31-12-10-30(11-13-31)18(4)35/h6-9,16-17,22-23,33H,5,10-15H2,1-4H3,(H,27,28,29)/t22?,23-/m0/s1. The number of nitrogens with one attached hydrogen (secondary N) is 1. The van der Waals surface area contributed by atoms with Crippen LogP contribution in [0.1, 0.15) is 56.6 Å². The number of nitrogens with zero attached hydrogens (tertiary/aromatic N) is 5. The molecule has 1 fully saturated rings. The third kappa shape index (κ3) is 5.29. The second-order valence-corrected chi connectivity index (χ2v) is 9.46. The molecule has 0 radical (unpaired) electrons. The van der Waals surface area contributed by atoms with Gasteiger partial charge in [0.25, 0.3) is 0 Å². The van der Waals surface area contributed by atoms with Crippen molar-refractivity contribution in [1.29, 1.82) is 0 Å². The molecule has 0 aliphatic carbocycles. The third-order valence-corrected chi connectivity index (χ3v) is 6.89. The van der Waals surface area contributed by atoms with Gasteiger partial charge in [0.2, 0.25) is 11.9 Å². The number of anilines is 2. The maximum Gasteiger partial charge on any atom is 0.227 e. The molecule has 2 atom stereocenters. The zero-order valence-corrected chi connectivity index (χ0v) is 21.5. The number of amides is 1. The van der Waals surface area contributed by atoms with E-state index in [1.54, 1.807) is 6.92 Å². The zero-order valence-electron chi connectivity index (χ0n) is 21.5. The van der Waals surface area contributed by atoms with Crippen molar-refractivity contribution in [3.05, 3.63) is 41.1 Å². The number of carbonyl (C=O) groups is 2. The summed E-state index contributed by atoms with van der Waals surface area (Å²) in [6.45, 7) is 11.0. The van der Waals surface area contributed by atoms with Gasteiger partial charge in [-0.25, -0.2) is 4.98 Å². The summed E-state index contributed by atoms with van der Waals surface area (Å²) in [7, 11) is 0. The van der Waals surface area contributed by atoms with Crippen LogP contribution in [0.2, 0.25) is 0 Å². The number of ether oxygens (including phenoxy) is 1. The van der Waals surface area contributed by atoms with Crippen LogP contribution in [-0.2, 0) is 16.1 Å². The van der Waals surface area contributed by atoms with Gasteiger partial charge in [0.15, 0.2) is 0 Å². The minimum atomic E-state index is -0.459. The smallest absolute Gasteiger partial charge is 0.227 e. The molecule has 0 bridgehead atoms. The average molecular weight is 497 g/mol. The third-order valence-electron chi connectivity index (χ3n) is 6.89. The number of aliphatic hydroxyl groups excluding tert-OH is 1. The molecule has 3 heterocycles. The fraction of sp³-hybridized carbons (Fsp3) is 0.538. The number of benzene rings is 1. The van der Waals surface area contributed by atoms with E-state index in [2.05, 4.69) is 29.0 Å². The van der Waals surface area contributed by atoms with E-state index in [0.29, 0.717) is 56.8 Å². The van der Waals surface area contributed by atoms with Crippen molar-refractivity contribution in [3.63, 3.8) is 0 Å². The lowest BCUT2D eigenvalue weighted by Crippen LogP contribution is -2.48. The van der Waals surface area contributed by atoms with Crippen molar-refractivity contribution < 1.29 is 19.4 Å². The Bertz CT molecular complexity index is 1070. The van der Waals surface area contributed by atoms with Gasteiger partial charge in [-0.1, -0.05) is 12.1 Å². The van der Waals surface area contributed by atoms with Gasteiger partial charge >= 0.3 is 0 Å². The van der Waals surface area contributed by atoms with E-state index in [0.717, 1.165) is 23.2 Å². The molecule has 10 heteroatoms. The largest absolute Gasteiger partial charge is 0.494 e. The van der Waals surface area contributed by atoms with Gasteiger partial charge in [-0.3, -0.25) is 9.69 Å². The summed E-state index contributed by atoms with van der Waals surface area (Å²) in [4.78, 5) is 39.6. The predicted molar refractivity (Wildman–Crippen MR) is 137 cm³/mol. The second-order valence-electron chi connectivity index (χ2n) is 9.46. The van der Waals surface area contributed by atoms with Gasteiger partial charge in [0, 0.05) is 51.3 Å². The molecule has 0 spiro atoms. The van der Waals surface area contributed by atoms with Crippen molar-refractivity contribution in [2.24, 2.45) is 0 Å². The van der Waals surface area contributed by atoms with Crippen molar-refractivity contribution >= 4 is 24.0 Å². The number of rotatable bonds is 9. The number of aliphatic hydroxyl groups is 1. The lowest BCUT2D eigenvalue weighted by molar-refractivity contribution is -0.129. The van der Waals surface area contributed by atoms with Crippen LogP contribution in [0.15, 0.2) is 24.3 Å². The highest BCUT2D eigenvalue weighted by atomic mass is 16.5. The molecule has 1 aromatic carbocycles. The van der Waals surface area contributed by atoms with Crippen LogP contribution in [0.5, 0.6) is 5.75 Å². The molecule has 1 unspecified atom stereocenters. The highest BCUT2D eigenvalue weighted by Gasteiger charge is 2.37. The summed E-state index contributed by atoms with van der Waals surface area (Å²) in [6.07, 6.45) is 0.941. The quantitative estimate of drug-likeness (QED) is 0.505. The van der Waals surface area contributed by atoms with Crippen LogP contribution < -0.4 is 15.0 Å². The highest BCUT2D eigenvalue weighted by molar-refractivity contribution is 5.73. The van der Waals surface area contributed by atoms with Crippen LogP contribution in [-0.4, -0.2) is 82.5 Å². The Morgan fingerprint density at radius 2 is 1.89 bits per heavy atom. The number of aromatic nitrogens is 2. The molecule has 2 aromatic rings. The summed E-state index contributed by atoms with van der Waals surface area (Å²) in [5.74, 6) is 1.98. The molecular formula is C26H36N6O4. The van der Waals surface area contributed by atoms with Gasteiger partial charge in [0.05, 0.1) is 24.9 Å². The maximum absolute atomic E-state index is 12.2. The van der Waals surface area contributed by atoms with Gasteiger partial charge in [-0.2, -0.15) is 4.98 Å². The number of aldehydes is 1. The summed E-state index contributed by atoms with van der Waals surface area (Å²) in [5, 5.41) is 13.7. The number of fused-ring (bicyclic) bond motifs is 1. The average Bonchev–Trinajstić information content (AvgIpc) is 3.27. The van der Waals surface area contributed by atoms with E-state index in [1.807, 2.05) is 36.1 Å². The summed E-state index contributed by atoms with van der Waals surface area (Å²) in [6, 6.07) is 6.91. The predicted octanol–water partition coefficient (Wildman–Crippen LogP) is 2.15. The number of carbonyl (C=O) groups excluding carboxylic acids is 2. The Balaban J connectivity index is 1.68. The Hall–Kier alpha value is -3.24. The van der Waals surface area contributed by atoms with E-state index in [4.69, 9.17) is 14.7 Å². The first-order valence-corrected chi connectivity index (χ1v) is 12.6. The van der Waals surface area contributed by atoms with E-state index >= 15 is 0 Å². The first-order valence-electron chi connectivity index (χ1n) is 12.6. The van der Waals surface area contributed by atoms with Gasteiger partial charge < -0.3 is 29.8 Å². The lowest BCUT2D eigenvalue weighted by Gasteiger charge is -2.34. The molecule has 1 aromatic heterocycles. The maximum atomic E-state index is 12.2. The fourth-order valence-corrected chi connectivity index (χ4v) is 4.82. The molecule has 2 aliphatic rings. The van der Waals surface area contributed by atoms with E-state index < -0.39 is 12.1 Å². The SMILES string of the molecule is CCOc1ccc(C(CO)Nc2nc(N3CCN(C(C)=O)CC3)nc3c2CN(C(C)C)[C@H]3C=O)cc1. The molecule has 4 rings (SSSR count). The molecule has 194 valence electrons. The first kappa shape index (κ1) is 25.8. The van der Waals surface area contributed by atoms with E-state index in [-0.39, 0.29) is 18.6 Å². The van der Waals surface area contributed by atoms with Crippen molar-refractivity contribution in [1.82, 2.24) is 19.8 Å². The van der Waals surface area contributed by atoms with Gasteiger partial charge in [0.1, 0.15) is 23.9 Å². The van der Waals surface area contributed by atoms with Crippen LogP contribution >= 0.6 is 0 Å². The molecule has 10 nitrogen and oxygen atoms in total. The van der Waals surface area contributed by atoms with Crippen LogP contribution in [0.4, 0.5) is 11.8 Å². The second kappa shape index (κ2) is 11.2. The molecule has 1 saturated heterocycles. The van der Waals surface area contributed by atoms with Crippen molar-refractivity contribution in [3.8, 4) is 5.75 Å². The number of piperazine rings is 1. The van der Waals surface area contributed by atoms with Crippen molar-refractivity contribution in [2.45, 2.75) is 52.4 Å². The molecule has 2 N–H and O–H groups in total. The monoisotopic (exact) mass is 496 g/mol. The summed E-state index contributed by atoms with van der Waals surface area (Å²) >= 11 is 0. The molecule has 1 amide bonds. The summed E-state index contributed by atoms with van der Waals surface area (Å²) < 4.78 is 5.54. The van der Waals surface area contributed by atoms with E-state index in [9.17, 15) is 14.7 Å². The van der Waals surface area contributed by atoms with E-state index in [1.165, 1.54) is 0 Å². The highest BCUT2D eigenvalue weighted by Crippen LogP contribution is 2.38. The minimum absolute atomic E-state index is 0.0571. The molecular weight excluding hydrogens is 460 g/mol. The normalized spacial score (nSPS) is 18.8. The van der Waals surface area contributed by atoms with Crippen molar-refractivity contribution in [2.75, 3.05) is 49.6 Å². The van der Waals surface area contributed by atoms with Crippen LogP contribution in [0.3, 0.4) is 0 Å². The van der Waals surface area contributed by atoms with Crippen LogP contribution in [0.25, 0.3) is 0 Å². The Morgan fingerprint density at radius 3 is 2.44 bits per heavy atom. The first-order chi connectivity index (χ1) is 17.4. The summed E-state index contributed by atoms with van der Waals surface area (Å²) in [5.41, 5.74) is 2.47. The van der Waals surface area contributed by atoms with Gasteiger partial charge in [-0.15, -0.1) is 0 Å². The fourth-order valence-electron chi connectivity index (χ4n) is 4.82. The number of hydrogen-bond acceptors (Lipinski definition) is 9. The molecule has 2 aliphatic heterocycles. The lowest BCUT2D eigenvalue weighted by atomic mass is 10.1. The minimum Gasteiger partial charge on any atom is -0.494 e. The Labute approximate surface area is 212 Å². The van der Waals surface area contributed by atoms with Crippen LogP contribution in [0, 0.1) is 0 Å². The topological polar surface area (TPSA) is 111 Å². The van der Waals surface area contributed by atoms with Gasteiger partial charge in [-0.05, 0) is 38.5 Å². The molecule has 0 saturated carbocycles. The number of hydrogen-bond donors (Lipinski definition) is 2. The Kier molecular flexibility index (Phi) is 8.05. The zero-order chi connectivity index (χ0) is 25.8. The Morgan fingerprint density at radius 1 is 1.19 bits per heavy atom. The molecule has 36 heavy (non-hydrogen) atoms.